The summed E-state index contributed by atoms with van der Waals surface area (Å²) in [4.78, 5) is 12.6. The topological polar surface area (TPSA) is 35.5 Å². The highest BCUT2D eigenvalue weighted by atomic mass is 16.7. The zero-order chi connectivity index (χ0) is 35.3. The van der Waals surface area contributed by atoms with Crippen molar-refractivity contribution >= 4 is 6.16 Å². The fourth-order valence-corrected chi connectivity index (χ4v) is 11.7. The lowest BCUT2D eigenvalue weighted by Gasteiger charge is -2.58. The summed E-state index contributed by atoms with van der Waals surface area (Å²) < 4.78 is 11.5. The van der Waals surface area contributed by atoms with Crippen molar-refractivity contribution in [1.82, 2.24) is 0 Å². The Hall–Kier alpha value is -0.990. The van der Waals surface area contributed by atoms with E-state index in [0.717, 1.165) is 73.5 Å². The number of allylic oxidation sites excluding steroid dienone is 1. The zero-order valence-corrected chi connectivity index (χ0v) is 33.8. The number of ether oxygens (including phenoxy) is 2. The molecule has 4 aliphatic rings. The Morgan fingerprint density at radius 2 is 1.29 bits per heavy atom. The Morgan fingerprint density at radius 1 is 0.694 bits per heavy atom. The molecule has 3 saturated carbocycles. The van der Waals surface area contributed by atoms with E-state index in [1.165, 1.54) is 128 Å². The van der Waals surface area contributed by atoms with E-state index in [2.05, 4.69) is 54.5 Å². The number of fused-ring (bicyclic) bond motifs is 5. The standard InChI is InChI=1S/C46H82O3/c1-35(2)22-19-17-15-13-11-9-8-10-12-14-16-18-20-33-48-44(47)49-39-29-31-45(6)38(34-39)25-26-40-42-28-27-41(37(5)24-21-23-36(3)4)46(42,7)32-30-43(40)45/h25,35-37,39-43H,8-24,26-34H2,1-7H3/t37?,39?,40?,41?,42?,43?,45-,46+/m0/s1. The third-order valence-electron chi connectivity index (χ3n) is 14.7. The third kappa shape index (κ3) is 11.8. The van der Waals surface area contributed by atoms with Crippen LogP contribution in [-0.4, -0.2) is 18.9 Å². The molecule has 0 saturated heterocycles. The number of carbonyl (C=O) groups is 1. The van der Waals surface area contributed by atoms with Crippen LogP contribution in [0.3, 0.4) is 0 Å². The van der Waals surface area contributed by atoms with Crippen LogP contribution in [0.1, 0.15) is 209 Å². The number of rotatable bonds is 22. The van der Waals surface area contributed by atoms with Gasteiger partial charge in [-0.05, 0) is 104 Å². The van der Waals surface area contributed by atoms with Crippen LogP contribution in [0.15, 0.2) is 11.6 Å². The van der Waals surface area contributed by atoms with Gasteiger partial charge in [0.1, 0.15) is 6.10 Å². The molecule has 3 fully saturated rings. The molecule has 4 aliphatic carbocycles. The predicted octanol–water partition coefficient (Wildman–Crippen LogP) is 14.7. The second-order valence-electron chi connectivity index (χ2n) is 19.1. The van der Waals surface area contributed by atoms with Gasteiger partial charge in [0.15, 0.2) is 0 Å². The van der Waals surface area contributed by atoms with Crippen molar-refractivity contribution in [2.75, 3.05) is 6.61 Å². The van der Waals surface area contributed by atoms with Gasteiger partial charge in [-0.2, -0.15) is 0 Å². The van der Waals surface area contributed by atoms with Crippen molar-refractivity contribution in [3.63, 3.8) is 0 Å². The predicted molar refractivity (Wildman–Crippen MR) is 209 cm³/mol. The minimum absolute atomic E-state index is 0.00958. The summed E-state index contributed by atoms with van der Waals surface area (Å²) >= 11 is 0. The highest BCUT2D eigenvalue weighted by Crippen LogP contribution is 2.67. The van der Waals surface area contributed by atoms with Crippen LogP contribution in [0.5, 0.6) is 0 Å². The fourth-order valence-electron chi connectivity index (χ4n) is 11.7. The Labute approximate surface area is 305 Å². The van der Waals surface area contributed by atoms with Gasteiger partial charge in [-0.3, -0.25) is 0 Å². The smallest absolute Gasteiger partial charge is 0.434 e. The molecule has 8 atom stereocenters. The largest absolute Gasteiger partial charge is 0.508 e. The lowest BCUT2D eigenvalue weighted by molar-refractivity contribution is -0.0617. The van der Waals surface area contributed by atoms with Gasteiger partial charge in [0.25, 0.3) is 0 Å². The normalized spacial score (nSPS) is 31.6. The molecule has 0 radical (unpaired) electrons. The molecule has 6 unspecified atom stereocenters. The van der Waals surface area contributed by atoms with Crippen molar-refractivity contribution in [3.05, 3.63) is 11.6 Å². The Bertz CT molecular complexity index is 983. The van der Waals surface area contributed by atoms with Gasteiger partial charge in [-0.1, -0.05) is 163 Å². The summed E-state index contributed by atoms with van der Waals surface area (Å²) in [6.45, 7) is 17.8. The van der Waals surface area contributed by atoms with Crippen LogP contribution in [0.2, 0.25) is 0 Å². The zero-order valence-electron chi connectivity index (χ0n) is 33.8. The van der Waals surface area contributed by atoms with E-state index in [1.54, 1.807) is 5.57 Å². The summed E-state index contributed by atoms with van der Waals surface area (Å²) in [6.07, 6.45) is 35.2. The number of hydrogen-bond donors (Lipinski definition) is 0. The fraction of sp³-hybridized carbons (Fsp3) is 0.935. The molecule has 4 rings (SSSR count). The van der Waals surface area contributed by atoms with Crippen molar-refractivity contribution in [3.8, 4) is 0 Å². The van der Waals surface area contributed by atoms with E-state index >= 15 is 0 Å². The van der Waals surface area contributed by atoms with Gasteiger partial charge >= 0.3 is 6.16 Å². The number of unbranched alkanes of at least 4 members (excludes halogenated alkanes) is 12. The summed E-state index contributed by atoms with van der Waals surface area (Å²) in [6, 6.07) is 0. The average Bonchev–Trinajstić information content (AvgIpc) is 3.41. The second kappa shape index (κ2) is 20.3. The Kier molecular flexibility index (Phi) is 16.9. The average molecular weight is 683 g/mol. The van der Waals surface area contributed by atoms with Gasteiger partial charge < -0.3 is 9.47 Å². The highest BCUT2D eigenvalue weighted by molar-refractivity contribution is 5.60. The van der Waals surface area contributed by atoms with Crippen molar-refractivity contribution in [2.45, 2.75) is 215 Å². The minimum atomic E-state index is -0.434. The molecule has 0 N–H and O–H groups in total. The van der Waals surface area contributed by atoms with E-state index in [9.17, 15) is 4.79 Å². The lowest BCUT2D eigenvalue weighted by Crippen LogP contribution is -2.51. The molecule has 3 heteroatoms. The van der Waals surface area contributed by atoms with E-state index in [4.69, 9.17) is 9.47 Å². The Morgan fingerprint density at radius 3 is 1.92 bits per heavy atom. The van der Waals surface area contributed by atoms with Gasteiger partial charge in [0.2, 0.25) is 0 Å². The highest BCUT2D eigenvalue weighted by Gasteiger charge is 2.59. The number of hydrogen-bond acceptors (Lipinski definition) is 3. The van der Waals surface area contributed by atoms with Gasteiger partial charge in [-0.25, -0.2) is 4.79 Å². The molecule has 0 aliphatic heterocycles. The van der Waals surface area contributed by atoms with E-state index < -0.39 is 6.16 Å². The summed E-state index contributed by atoms with van der Waals surface area (Å²) in [5.41, 5.74) is 2.42. The summed E-state index contributed by atoms with van der Waals surface area (Å²) in [5, 5.41) is 0. The van der Waals surface area contributed by atoms with E-state index in [1.807, 2.05) is 0 Å². The maximum absolute atomic E-state index is 12.6. The number of carbonyl (C=O) groups excluding carboxylic acids is 1. The molecule has 0 heterocycles. The molecule has 0 bridgehead atoms. The van der Waals surface area contributed by atoms with Crippen LogP contribution in [0, 0.1) is 52.3 Å². The monoisotopic (exact) mass is 683 g/mol. The summed E-state index contributed by atoms with van der Waals surface area (Å²) in [7, 11) is 0. The second-order valence-corrected chi connectivity index (χ2v) is 19.1. The summed E-state index contributed by atoms with van der Waals surface area (Å²) in [5.74, 6) is 6.03. The molecule has 0 spiro atoms. The van der Waals surface area contributed by atoms with Crippen molar-refractivity contribution in [2.24, 2.45) is 52.3 Å². The molecular formula is C46H82O3. The van der Waals surface area contributed by atoms with Gasteiger partial charge in [-0.15, -0.1) is 0 Å². The van der Waals surface area contributed by atoms with Crippen molar-refractivity contribution < 1.29 is 14.3 Å². The van der Waals surface area contributed by atoms with Crippen LogP contribution in [-0.2, 0) is 9.47 Å². The molecule has 0 amide bonds. The first-order chi connectivity index (χ1) is 23.5. The van der Waals surface area contributed by atoms with Crippen molar-refractivity contribution in [1.29, 1.82) is 0 Å². The molecule has 0 aromatic carbocycles. The molecule has 0 aromatic rings. The quantitative estimate of drug-likeness (QED) is 0.0648. The van der Waals surface area contributed by atoms with Gasteiger partial charge in [0, 0.05) is 6.42 Å². The minimum Gasteiger partial charge on any atom is -0.434 e. The molecule has 49 heavy (non-hydrogen) atoms. The molecule has 284 valence electrons. The molecule has 0 aromatic heterocycles. The Balaban J connectivity index is 1.07. The van der Waals surface area contributed by atoms with E-state index in [0.29, 0.717) is 17.4 Å². The first-order valence-electron chi connectivity index (χ1n) is 22.1. The SMILES string of the molecule is CC(C)CCCCCCCCCCCCCCCOC(=O)OC1CC[C@@]2(C)C(=CCC3C4CCC(C(C)CCCC(C)C)[C@@]4(C)CCC32)C1. The third-order valence-corrected chi connectivity index (χ3v) is 14.7. The maximum Gasteiger partial charge on any atom is 0.508 e. The lowest BCUT2D eigenvalue weighted by atomic mass is 9.47. The molecular weight excluding hydrogens is 601 g/mol. The first-order valence-corrected chi connectivity index (χ1v) is 22.1. The van der Waals surface area contributed by atoms with Crippen LogP contribution >= 0.6 is 0 Å². The van der Waals surface area contributed by atoms with Crippen LogP contribution in [0.25, 0.3) is 0 Å². The maximum atomic E-state index is 12.6. The van der Waals surface area contributed by atoms with E-state index in [-0.39, 0.29) is 6.10 Å². The molecule has 3 nitrogen and oxygen atoms in total. The van der Waals surface area contributed by atoms with Gasteiger partial charge in [0.05, 0.1) is 6.61 Å². The van der Waals surface area contributed by atoms with Crippen LogP contribution in [0.4, 0.5) is 4.79 Å². The van der Waals surface area contributed by atoms with Crippen LogP contribution < -0.4 is 0 Å². The first kappa shape index (κ1) is 40.8.